The molecule has 0 radical (unpaired) electrons. The van der Waals surface area contributed by atoms with Crippen LogP contribution in [0.15, 0.2) is 18.2 Å². The van der Waals surface area contributed by atoms with Crippen LogP contribution in [-0.4, -0.2) is 5.11 Å². The molecule has 15 heavy (non-hydrogen) atoms. The van der Waals surface area contributed by atoms with Crippen molar-refractivity contribution in [3.63, 3.8) is 0 Å². The molecule has 2 rings (SSSR count). The third-order valence-electron chi connectivity index (χ3n) is 3.37. The molecular formula is C12H14F2O. The Balaban J connectivity index is 2.44. The van der Waals surface area contributed by atoms with Gasteiger partial charge in [0.2, 0.25) is 0 Å². The number of aliphatic hydroxyl groups is 1. The summed E-state index contributed by atoms with van der Waals surface area (Å²) in [6, 6.07) is 3.28. The van der Waals surface area contributed by atoms with Gasteiger partial charge >= 0.3 is 0 Å². The van der Waals surface area contributed by atoms with Crippen LogP contribution in [0, 0.1) is 17.6 Å². The first kappa shape index (κ1) is 10.6. The highest BCUT2D eigenvalue weighted by atomic mass is 19.1. The van der Waals surface area contributed by atoms with E-state index in [-0.39, 0.29) is 5.92 Å². The van der Waals surface area contributed by atoms with E-state index in [2.05, 4.69) is 0 Å². The number of benzene rings is 1. The van der Waals surface area contributed by atoms with Crippen LogP contribution in [-0.2, 0) is 5.60 Å². The fraction of sp³-hybridized carbons (Fsp3) is 0.500. The number of rotatable bonds is 1. The highest BCUT2D eigenvalue weighted by Gasteiger charge is 2.40. The molecule has 1 aromatic carbocycles. The SMILES string of the molecule is CC1CCCC1(O)c1cc(F)cc(F)c1. The lowest BCUT2D eigenvalue weighted by Crippen LogP contribution is -2.28. The van der Waals surface area contributed by atoms with E-state index in [0.29, 0.717) is 12.0 Å². The van der Waals surface area contributed by atoms with E-state index in [4.69, 9.17) is 0 Å². The van der Waals surface area contributed by atoms with Gasteiger partial charge in [-0.3, -0.25) is 0 Å². The number of hydrogen-bond acceptors (Lipinski definition) is 1. The zero-order valence-corrected chi connectivity index (χ0v) is 8.63. The topological polar surface area (TPSA) is 20.2 Å². The molecule has 1 aromatic rings. The Bertz CT molecular complexity index is 358. The maximum absolute atomic E-state index is 13.0. The van der Waals surface area contributed by atoms with E-state index in [0.717, 1.165) is 18.9 Å². The minimum atomic E-state index is -1.05. The molecule has 82 valence electrons. The Kier molecular flexibility index (Phi) is 2.51. The zero-order valence-electron chi connectivity index (χ0n) is 8.63. The van der Waals surface area contributed by atoms with Crippen LogP contribution < -0.4 is 0 Å². The van der Waals surface area contributed by atoms with Gasteiger partial charge in [-0.05, 0) is 42.9 Å². The fourth-order valence-electron chi connectivity index (χ4n) is 2.40. The van der Waals surface area contributed by atoms with Crippen molar-refractivity contribution in [2.75, 3.05) is 0 Å². The molecule has 1 saturated carbocycles. The Morgan fingerprint density at radius 2 is 1.87 bits per heavy atom. The van der Waals surface area contributed by atoms with E-state index in [1.54, 1.807) is 0 Å². The second-order valence-corrected chi connectivity index (χ2v) is 4.38. The minimum Gasteiger partial charge on any atom is -0.385 e. The highest BCUT2D eigenvalue weighted by Crippen LogP contribution is 2.43. The molecule has 0 heterocycles. The minimum absolute atomic E-state index is 0.0544. The van der Waals surface area contributed by atoms with E-state index < -0.39 is 17.2 Å². The first-order chi connectivity index (χ1) is 7.02. The highest BCUT2D eigenvalue weighted by molar-refractivity contribution is 5.26. The van der Waals surface area contributed by atoms with Crippen LogP contribution in [0.2, 0.25) is 0 Å². The van der Waals surface area contributed by atoms with Crippen molar-refractivity contribution in [3.8, 4) is 0 Å². The molecular weight excluding hydrogens is 198 g/mol. The predicted octanol–water partition coefficient (Wildman–Crippen LogP) is 2.97. The van der Waals surface area contributed by atoms with Crippen molar-refractivity contribution in [1.29, 1.82) is 0 Å². The second kappa shape index (κ2) is 3.56. The Hall–Kier alpha value is -0.960. The van der Waals surface area contributed by atoms with Gasteiger partial charge in [-0.2, -0.15) is 0 Å². The van der Waals surface area contributed by atoms with Gasteiger partial charge < -0.3 is 5.11 Å². The van der Waals surface area contributed by atoms with Crippen LogP contribution in [0.3, 0.4) is 0 Å². The van der Waals surface area contributed by atoms with Crippen LogP contribution in [0.5, 0.6) is 0 Å². The lowest BCUT2D eigenvalue weighted by Gasteiger charge is -2.28. The quantitative estimate of drug-likeness (QED) is 0.758. The van der Waals surface area contributed by atoms with Gasteiger partial charge in [0.05, 0.1) is 5.60 Å². The van der Waals surface area contributed by atoms with Crippen molar-refractivity contribution in [3.05, 3.63) is 35.4 Å². The van der Waals surface area contributed by atoms with Crippen molar-refractivity contribution < 1.29 is 13.9 Å². The molecule has 0 bridgehead atoms. The molecule has 2 unspecified atom stereocenters. The molecule has 1 aliphatic carbocycles. The van der Waals surface area contributed by atoms with Gasteiger partial charge in [-0.1, -0.05) is 6.92 Å². The summed E-state index contributed by atoms with van der Waals surface area (Å²) in [4.78, 5) is 0. The molecule has 1 fully saturated rings. The standard InChI is InChI=1S/C12H14F2O/c1-8-3-2-4-12(8,15)9-5-10(13)7-11(14)6-9/h5-8,15H,2-4H2,1H3. The van der Waals surface area contributed by atoms with E-state index in [9.17, 15) is 13.9 Å². The van der Waals surface area contributed by atoms with Crippen molar-refractivity contribution in [2.24, 2.45) is 5.92 Å². The summed E-state index contributed by atoms with van der Waals surface area (Å²) in [6.07, 6.45) is 2.38. The van der Waals surface area contributed by atoms with Gasteiger partial charge in [-0.15, -0.1) is 0 Å². The van der Waals surface area contributed by atoms with E-state index >= 15 is 0 Å². The molecule has 1 nitrogen and oxygen atoms in total. The first-order valence-corrected chi connectivity index (χ1v) is 5.21. The molecule has 0 saturated heterocycles. The van der Waals surface area contributed by atoms with Gasteiger partial charge in [-0.25, -0.2) is 8.78 Å². The average Bonchev–Trinajstić information content (AvgIpc) is 2.47. The van der Waals surface area contributed by atoms with Gasteiger partial charge in [0.25, 0.3) is 0 Å². The monoisotopic (exact) mass is 212 g/mol. The molecule has 0 spiro atoms. The smallest absolute Gasteiger partial charge is 0.126 e. The molecule has 3 heteroatoms. The van der Waals surface area contributed by atoms with E-state index in [1.165, 1.54) is 12.1 Å². The molecule has 0 amide bonds. The molecule has 2 atom stereocenters. The summed E-state index contributed by atoms with van der Waals surface area (Å²) < 4.78 is 26.1. The maximum Gasteiger partial charge on any atom is 0.126 e. The zero-order chi connectivity index (χ0) is 11.1. The summed E-state index contributed by atoms with van der Waals surface area (Å²) in [5, 5.41) is 10.3. The normalized spacial score (nSPS) is 30.8. The Morgan fingerprint density at radius 3 is 2.33 bits per heavy atom. The maximum atomic E-state index is 13.0. The lowest BCUT2D eigenvalue weighted by atomic mass is 9.85. The third kappa shape index (κ3) is 1.76. The Labute approximate surface area is 87.7 Å². The van der Waals surface area contributed by atoms with Crippen molar-refractivity contribution >= 4 is 0 Å². The van der Waals surface area contributed by atoms with Gasteiger partial charge in [0.15, 0.2) is 0 Å². The number of hydrogen-bond donors (Lipinski definition) is 1. The molecule has 1 N–H and O–H groups in total. The number of halogens is 2. The fourth-order valence-corrected chi connectivity index (χ4v) is 2.40. The molecule has 0 aliphatic heterocycles. The molecule has 1 aliphatic rings. The Morgan fingerprint density at radius 1 is 1.27 bits per heavy atom. The summed E-state index contributed by atoms with van der Waals surface area (Å²) in [5.74, 6) is -1.20. The third-order valence-corrected chi connectivity index (χ3v) is 3.37. The van der Waals surface area contributed by atoms with Crippen molar-refractivity contribution in [1.82, 2.24) is 0 Å². The summed E-state index contributed by atoms with van der Waals surface area (Å²) in [6.45, 7) is 1.91. The van der Waals surface area contributed by atoms with Crippen LogP contribution in [0.25, 0.3) is 0 Å². The predicted molar refractivity (Wildman–Crippen MR) is 53.3 cm³/mol. The largest absolute Gasteiger partial charge is 0.385 e. The van der Waals surface area contributed by atoms with Crippen LogP contribution in [0.4, 0.5) is 8.78 Å². The van der Waals surface area contributed by atoms with Crippen LogP contribution >= 0.6 is 0 Å². The van der Waals surface area contributed by atoms with Crippen molar-refractivity contribution in [2.45, 2.75) is 31.8 Å². The summed E-state index contributed by atoms with van der Waals surface area (Å²) in [7, 11) is 0. The average molecular weight is 212 g/mol. The second-order valence-electron chi connectivity index (χ2n) is 4.38. The summed E-state index contributed by atoms with van der Waals surface area (Å²) in [5.41, 5.74) is -0.687. The van der Waals surface area contributed by atoms with Gasteiger partial charge in [0.1, 0.15) is 11.6 Å². The lowest BCUT2D eigenvalue weighted by molar-refractivity contribution is 0.00393. The van der Waals surface area contributed by atoms with E-state index in [1.807, 2.05) is 6.92 Å². The van der Waals surface area contributed by atoms with Gasteiger partial charge in [0, 0.05) is 6.07 Å². The molecule has 0 aromatic heterocycles. The van der Waals surface area contributed by atoms with Crippen LogP contribution in [0.1, 0.15) is 31.7 Å². The first-order valence-electron chi connectivity index (χ1n) is 5.21. The summed E-state index contributed by atoms with van der Waals surface area (Å²) >= 11 is 0.